The molecule has 0 heterocycles. The maximum atomic E-state index is 12.5. The van der Waals surface area contributed by atoms with Crippen molar-refractivity contribution < 1.29 is 14.3 Å². The third-order valence-electron chi connectivity index (χ3n) is 3.32. The highest BCUT2D eigenvalue weighted by Gasteiger charge is 2.13. The minimum Gasteiger partial charge on any atom is -0.490 e. The molecule has 5 heteroatoms. The molecule has 0 bridgehead atoms. The number of ether oxygens (including phenoxy) is 2. The van der Waals surface area contributed by atoms with Crippen molar-refractivity contribution in [3.8, 4) is 11.5 Å². The van der Waals surface area contributed by atoms with E-state index in [0.29, 0.717) is 41.0 Å². The third kappa shape index (κ3) is 4.17. The molecule has 0 atom stereocenters. The summed E-state index contributed by atoms with van der Waals surface area (Å²) in [5.41, 5.74) is 2.02. The number of amides is 1. The van der Waals surface area contributed by atoms with E-state index in [1.807, 2.05) is 26.8 Å². The summed E-state index contributed by atoms with van der Waals surface area (Å²) in [6.45, 7) is 6.68. The number of benzene rings is 2. The number of carbonyl (C=O) groups is 1. The second-order valence-corrected chi connectivity index (χ2v) is 5.30. The van der Waals surface area contributed by atoms with Gasteiger partial charge in [-0.15, -0.1) is 0 Å². The van der Waals surface area contributed by atoms with Crippen LogP contribution in [0.25, 0.3) is 0 Å². The molecule has 0 aliphatic heterocycles. The van der Waals surface area contributed by atoms with Gasteiger partial charge in [-0.3, -0.25) is 4.79 Å². The maximum absolute atomic E-state index is 12.5. The van der Waals surface area contributed by atoms with E-state index in [1.54, 1.807) is 30.3 Å². The lowest BCUT2D eigenvalue weighted by molar-refractivity contribution is 0.102. The van der Waals surface area contributed by atoms with E-state index < -0.39 is 0 Å². The molecule has 0 saturated heterocycles. The van der Waals surface area contributed by atoms with Gasteiger partial charge in [-0.25, -0.2) is 0 Å². The van der Waals surface area contributed by atoms with Crippen molar-refractivity contribution in [2.45, 2.75) is 20.8 Å². The molecular weight excluding hydrogens is 314 g/mol. The minimum absolute atomic E-state index is 0.223. The molecule has 2 rings (SSSR count). The first-order valence-corrected chi connectivity index (χ1v) is 7.90. The van der Waals surface area contributed by atoms with Crippen molar-refractivity contribution in [1.82, 2.24) is 0 Å². The van der Waals surface area contributed by atoms with E-state index >= 15 is 0 Å². The number of nitrogens with one attached hydrogen (secondary N) is 1. The summed E-state index contributed by atoms with van der Waals surface area (Å²) in [6, 6.07) is 10.5. The van der Waals surface area contributed by atoms with Gasteiger partial charge in [0.1, 0.15) is 0 Å². The summed E-state index contributed by atoms with van der Waals surface area (Å²) in [5, 5.41) is 3.48. The number of hydrogen-bond donors (Lipinski definition) is 1. The van der Waals surface area contributed by atoms with Crippen LogP contribution in [0.2, 0.25) is 5.02 Å². The van der Waals surface area contributed by atoms with Gasteiger partial charge in [0.25, 0.3) is 5.91 Å². The molecular formula is C18H20ClNO3. The quantitative estimate of drug-likeness (QED) is 0.833. The molecule has 23 heavy (non-hydrogen) atoms. The monoisotopic (exact) mass is 333 g/mol. The second kappa shape index (κ2) is 7.88. The topological polar surface area (TPSA) is 47.6 Å². The number of rotatable bonds is 6. The normalized spacial score (nSPS) is 10.3. The Morgan fingerprint density at radius 2 is 1.78 bits per heavy atom. The molecule has 2 aromatic rings. The van der Waals surface area contributed by atoms with Crippen molar-refractivity contribution in [3.63, 3.8) is 0 Å². The smallest absolute Gasteiger partial charge is 0.255 e. The molecule has 0 aliphatic rings. The summed E-state index contributed by atoms with van der Waals surface area (Å²) in [7, 11) is 0. The second-order valence-electron chi connectivity index (χ2n) is 4.89. The van der Waals surface area contributed by atoms with E-state index in [4.69, 9.17) is 21.1 Å². The Bertz CT molecular complexity index is 701. The lowest BCUT2D eigenvalue weighted by atomic mass is 10.1. The van der Waals surface area contributed by atoms with Crippen LogP contribution in [0, 0.1) is 6.92 Å². The van der Waals surface area contributed by atoms with Gasteiger partial charge in [0.2, 0.25) is 0 Å². The molecule has 0 unspecified atom stereocenters. The fourth-order valence-corrected chi connectivity index (χ4v) is 2.30. The molecule has 4 nitrogen and oxygen atoms in total. The molecule has 0 saturated carbocycles. The SMILES string of the molecule is CCOc1ccc(C(=O)Nc2cccc(Cl)c2C)cc1OCC. The van der Waals surface area contributed by atoms with Crippen LogP contribution in [-0.4, -0.2) is 19.1 Å². The average molecular weight is 334 g/mol. The average Bonchev–Trinajstić information content (AvgIpc) is 2.54. The van der Waals surface area contributed by atoms with Gasteiger partial charge in [0, 0.05) is 16.3 Å². The first kappa shape index (κ1) is 17.2. The summed E-state index contributed by atoms with van der Waals surface area (Å²) >= 11 is 6.08. The Kier molecular flexibility index (Phi) is 5.88. The standard InChI is InChI=1S/C18H20ClNO3/c1-4-22-16-10-9-13(11-17(16)23-5-2)18(21)20-15-8-6-7-14(19)12(15)3/h6-11H,4-5H2,1-3H3,(H,20,21). The van der Waals surface area contributed by atoms with Crippen LogP contribution in [0.15, 0.2) is 36.4 Å². The van der Waals surface area contributed by atoms with Gasteiger partial charge in [-0.05, 0) is 56.7 Å². The highest BCUT2D eigenvalue weighted by atomic mass is 35.5. The molecule has 2 aromatic carbocycles. The van der Waals surface area contributed by atoms with E-state index in [0.717, 1.165) is 5.56 Å². The summed E-state index contributed by atoms with van der Waals surface area (Å²) in [5.74, 6) is 0.967. The van der Waals surface area contributed by atoms with Gasteiger partial charge in [-0.2, -0.15) is 0 Å². The molecule has 0 fully saturated rings. The molecule has 0 radical (unpaired) electrons. The Labute approximate surface area is 141 Å². The van der Waals surface area contributed by atoms with Crippen molar-refractivity contribution >= 4 is 23.2 Å². The van der Waals surface area contributed by atoms with E-state index in [9.17, 15) is 4.79 Å². The number of carbonyl (C=O) groups excluding carboxylic acids is 1. The zero-order valence-corrected chi connectivity index (χ0v) is 14.2. The Morgan fingerprint density at radius 1 is 1.09 bits per heavy atom. The van der Waals surface area contributed by atoms with Crippen LogP contribution in [0.1, 0.15) is 29.8 Å². The predicted octanol–water partition coefficient (Wildman–Crippen LogP) is 4.70. The molecule has 122 valence electrons. The van der Waals surface area contributed by atoms with Crippen LogP contribution >= 0.6 is 11.6 Å². The van der Waals surface area contributed by atoms with Crippen molar-refractivity contribution in [2.24, 2.45) is 0 Å². The third-order valence-corrected chi connectivity index (χ3v) is 3.73. The Hall–Kier alpha value is -2.20. The summed E-state index contributed by atoms with van der Waals surface area (Å²) < 4.78 is 11.1. The number of hydrogen-bond acceptors (Lipinski definition) is 3. The predicted molar refractivity (Wildman–Crippen MR) is 92.9 cm³/mol. The fraction of sp³-hybridized carbons (Fsp3) is 0.278. The maximum Gasteiger partial charge on any atom is 0.255 e. The van der Waals surface area contributed by atoms with Crippen molar-refractivity contribution in [3.05, 3.63) is 52.5 Å². The van der Waals surface area contributed by atoms with Crippen LogP contribution in [0.4, 0.5) is 5.69 Å². The zero-order chi connectivity index (χ0) is 16.8. The van der Waals surface area contributed by atoms with Gasteiger partial charge < -0.3 is 14.8 Å². The van der Waals surface area contributed by atoms with Crippen LogP contribution in [0.5, 0.6) is 11.5 Å². The van der Waals surface area contributed by atoms with Crippen LogP contribution in [0.3, 0.4) is 0 Å². The summed E-state index contributed by atoms with van der Waals surface area (Å²) in [4.78, 5) is 12.5. The van der Waals surface area contributed by atoms with Gasteiger partial charge in [0.05, 0.1) is 13.2 Å². The first-order valence-electron chi connectivity index (χ1n) is 7.52. The Morgan fingerprint density at radius 3 is 2.48 bits per heavy atom. The zero-order valence-electron chi connectivity index (χ0n) is 13.5. The molecule has 0 aromatic heterocycles. The van der Waals surface area contributed by atoms with Crippen molar-refractivity contribution in [1.29, 1.82) is 0 Å². The lowest BCUT2D eigenvalue weighted by Gasteiger charge is -2.13. The van der Waals surface area contributed by atoms with E-state index in [1.165, 1.54) is 0 Å². The van der Waals surface area contributed by atoms with Crippen LogP contribution < -0.4 is 14.8 Å². The molecule has 0 spiro atoms. The summed E-state index contributed by atoms with van der Waals surface area (Å²) in [6.07, 6.45) is 0. The lowest BCUT2D eigenvalue weighted by Crippen LogP contribution is -2.13. The van der Waals surface area contributed by atoms with E-state index in [-0.39, 0.29) is 5.91 Å². The highest BCUT2D eigenvalue weighted by Crippen LogP contribution is 2.29. The van der Waals surface area contributed by atoms with Crippen molar-refractivity contribution in [2.75, 3.05) is 18.5 Å². The largest absolute Gasteiger partial charge is 0.490 e. The van der Waals surface area contributed by atoms with Gasteiger partial charge >= 0.3 is 0 Å². The Balaban J connectivity index is 2.25. The van der Waals surface area contributed by atoms with Crippen LogP contribution in [-0.2, 0) is 0 Å². The number of halogens is 1. The first-order chi connectivity index (χ1) is 11.1. The van der Waals surface area contributed by atoms with Gasteiger partial charge in [-0.1, -0.05) is 17.7 Å². The fourth-order valence-electron chi connectivity index (χ4n) is 2.13. The molecule has 0 aliphatic carbocycles. The number of anilines is 1. The minimum atomic E-state index is -0.223. The van der Waals surface area contributed by atoms with E-state index in [2.05, 4.69) is 5.32 Å². The highest BCUT2D eigenvalue weighted by molar-refractivity contribution is 6.31. The van der Waals surface area contributed by atoms with Gasteiger partial charge in [0.15, 0.2) is 11.5 Å². The molecule has 1 amide bonds. The molecule has 1 N–H and O–H groups in total.